The van der Waals surface area contributed by atoms with Gasteiger partial charge in [-0.3, -0.25) is 4.98 Å². The number of ether oxygens (including phenoxy) is 1. The zero-order valence-corrected chi connectivity index (χ0v) is 14.6. The fourth-order valence-corrected chi connectivity index (χ4v) is 2.79. The smallest absolute Gasteiger partial charge is 0.433 e. The maximum atomic E-state index is 12.8. The van der Waals surface area contributed by atoms with Gasteiger partial charge in [-0.15, -0.1) is 0 Å². The molecular formula is C17H19F3N4O2. The van der Waals surface area contributed by atoms with Gasteiger partial charge in [-0.1, -0.05) is 0 Å². The molecule has 1 aliphatic carbocycles. The van der Waals surface area contributed by atoms with Crippen LogP contribution >= 0.6 is 0 Å². The van der Waals surface area contributed by atoms with Gasteiger partial charge in [-0.2, -0.15) is 18.3 Å². The van der Waals surface area contributed by atoms with Gasteiger partial charge in [0.1, 0.15) is 11.3 Å². The van der Waals surface area contributed by atoms with Crippen LogP contribution in [-0.2, 0) is 17.3 Å². The molecule has 2 aromatic heterocycles. The van der Waals surface area contributed by atoms with Crippen molar-refractivity contribution in [1.82, 2.24) is 20.1 Å². The van der Waals surface area contributed by atoms with Gasteiger partial charge in [0.15, 0.2) is 0 Å². The highest BCUT2D eigenvalue weighted by Gasteiger charge is 2.33. The topological polar surface area (TPSA) is 69.0 Å². The summed E-state index contributed by atoms with van der Waals surface area (Å²) in [5, 5.41) is 7.13. The number of alkyl carbamates (subject to hydrolysis) is 1. The number of nitrogens with one attached hydrogen (secondary N) is 1. The Hall–Kier alpha value is -2.58. The van der Waals surface area contributed by atoms with Gasteiger partial charge in [0.05, 0.1) is 17.4 Å². The predicted molar refractivity (Wildman–Crippen MR) is 86.8 cm³/mol. The molecule has 1 unspecified atom stereocenters. The first-order valence-electron chi connectivity index (χ1n) is 8.14. The van der Waals surface area contributed by atoms with Crippen LogP contribution in [0.25, 0.3) is 5.69 Å². The summed E-state index contributed by atoms with van der Waals surface area (Å²) in [7, 11) is 0. The molecule has 0 saturated heterocycles. The summed E-state index contributed by atoms with van der Waals surface area (Å²) in [6.07, 6.45) is -1.03. The second kappa shape index (κ2) is 6.30. The normalized spacial score (nSPS) is 17.1. The van der Waals surface area contributed by atoms with Gasteiger partial charge in [0.25, 0.3) is 0 Å². The molecule has 2 heterocycles. The van der Waals surface area contributed by atoms with E-state index in [4.69, 9.17) is 4.74 Å². The minimum Gasteiger partial charge on any atom is -0.444 e. The molecule has 0 aliphatic heterocycles. The Labute approximate surface area is 148 Å². The molecule has 3 rings (SSSR count). The number of carbonyl (C=O) groups is 1. The second-order valence-corrected chi connectivity index (χ2v) is 7.11. The highest BCUT2D eigenvalue weighted by Crippen LogP contribution is 2.32. The Balaban J connectivity index is 1.80. The summed E-state index contributed by atoms with van der Waals surface area (Å²) in [5.41, 5.74) is 0.199. The van der Waals surface area contributed by atoms with Crippen molar-refractivity contribution in [1.29, 1.82) is 0 Å². The molecule has 9 heteroatoms. The van der Waals surface area contributed by atoms with E-state index in [0.717, 1.165) is 23.5 Å². The van der Waals surface area contributed by atoms with E-state index in [9.17, 15) is 18.0 Å². The largest absolute Gasteiger partial charge is 0.444 e. The quantitative estimate of drug-likeness (QED) is 0.875. The Kier molecular flexibility index (Phi) is 4.41. The maximum Gasteiger partial charge on any atom is 0.433 e. The third-order valence-corrected chi connectivity index (χ3v) is 3.86. The van der Waals surface area contributed by atoms with Crippen molar-refractivity contribution in [2.24, 2.45) is 0 Å². The van der Waals surface area contributed by atoms with Gasteiger partial charge in [-0.05, 0) is 45.7 Å². The molecule has 140 valence electrons. The first kappa shape index (κ1) is 18.2. The monoisotopic (exact) mass is 368 g/mol. The number of fused-ring (bicyclic) bond motifs is 1. The number of alkyl halides is 3. The molecule has 0 aromatic carbocycles. The van der Waals surface area contributed by atoms with E-state index in [1.54, 1.807) is 27.0 Å². The maximum absolute atomic E-state index is 12.8. The zero-order chi connectivity index (χ0) is 19.1. The number of hydrogen-bond acceptors (Lipinski definition) is 4. The van der Waals surface area contributed by atoms with Crippen LogP contribution in [-0.4, -0.2) is 26.5 Å². The highest BCUT2D eigenvalue weighted by atomic mass is 19.4. The molecule has 0 saturated carbocycles. The summed E-state index contributed by atoms with van der Waals surface area (Å²) in [6, 6.07) is 2.11. The van der Waals surface area contributed by atoms with Crippen LogP contribution in [0.3, 0.4) is 0 Å². The number of hydrogen-bond donors (Lipinski definition) is 1. The van der Waals surface area contributed by atoms with Gasteiger partial charge in [-0.25, -0.2) is 9.48 Å². The molecule has 0 radical (unpaired) electrons. The molecular weight excluding hydrogens is 349 g/mol. The lowest BCUT2D eigenvalue weighted by atomic mass is 10.2. The fraction of sp³-hybridized carbons (Fsp3) is 0.471. The molecule has 0 bridgehead atoms. The summed E-state index contributed by atoms with van der Waals surface area (Å²) in [5.74, 6) is 0. The molecule has 1 atom stereocenters. The van der Waals surface area contributed by atoms with E-state index >= 15 is 0 Å². The molecule has 1 aliphatic rings. The molecule has 26 heavy (non-hydrogen) atoms. The van der Waals surface area contributed by atoms with E-state index in [-0.39, 0.29) is 11.7 Å². The number of rotatable bonds is 2. The summed E-state index contributed by atoms with van der Waals surface area (Å²) in [4.78, 5) is 15.3. The average Bonchev–Trinajstić information content (AvgIpc) is 3.07. The Morgan fingerprint density at radius 2 is 2.08 bits per heavy atom. The van der Waals surface area contributed by atoms with Crippen molar-refractivity contribution in [2.75, 3.05) is 0 Å². The lowest BCUT2D eigenvalue weighted by Gasteiger charge is -2.21. The van der Waals surface area contributed by atoms with E-state index in [2.05, 4.69) is 15.4 Å². The number of carbonyl (C=O) groups excluding carboxylic acids is 1. The summed E-state index contributed by atoms with van der Waals surface area (Å²) < 4.78 is 45.1. The van der Waals surface area contributed by atoms with Gasteiger partial charge in [0, 0.05) is 18.0 Å². The Morgan fingerprint density at radius 3 is 2.73 bits per heavy atom. The van der Waals surface area contributed by atoms with Gasteiger partial charge >= 0.3 is 12.3 Å². The molecule has 2 aromatic rings. The lowest BCUT2D eigenvalue weighted by Crippen LogP contribution is -2.34. The lowest BCUT2D eigenvalue weighted by molar-refractivity contribution is -0.141. The number of amides is 1. The molecule has 6 nitrogen and oxygen atoms in total. The van der Waals surface area contributed by atoms with Crippen molar-refractivity contribution in [3.63, 3.8) is 0 Å². The van der Waals surface area contributed by atoms with E-state index < -0.39 is 23.6 Å². The van der Waals surface area contributed by atoms with E-state index in [0.29, 0.717) is 12.8 Å². The van der Waals surface area contributed by atoms with Crippen molar-refractivity contribution in [3.8, 4) is 5.69 Å². The number of pyridine rings is 1. The second-order valence-electron chi connectivity index (χ2n) is 7.11. The number of nitrogens with zero attached hydrogens (tertiary/aromatic N) is 3. The first-order chi connectivity index (χ1) is 12.0. The van der Waals surface area contributed by atoms with Crippen LogP contribution < -0.4 is 5.32 Å². The van der Waals surface area contributed by atoms with Gasteiger partial charge in [0.2, 0.25) is 0 Å². The Bertz CT molecular complexity index is 824. The fourth-order valence-electron chi connectivity index (χ4n) is 2.79. The van der Waals surface area contributed by atoms with Crippen LogP contribution in [0.2, 0.25) is 0 Å². The van der Waals surface area contributed by atoms with E-state index in [1.807, 2.05) is 0 Å². The average molecular weight is 368 g/mol. The summed E-state index contributed by atoms with van der Waals surface area (Å²) in [6.45, 7) is 5.31. The van der Waals surface area contributed by atoms with Crippen LogP contribution in [0.5, 0.6) is 0 Å². The molecule has 0 spiro atoms. The number of aryl methyl sites for hydroxylation is 1. The third-order valence-electron chi connectivity index (χ3n) is 3.86. The van der Waals surface area contributed by atoms with Crippen molar-refractivity contribution in [3.05, 3.63) is 41.5 Å². The Morgan fingerprint density at radius 1 is 1.35 bits per heavy atom. The zero-order valence-electron chi connectivity index (χ0n) is 14.6. The van der Waals surface area contributed by atoms with Crippen LogP contribution in [0.15, 0.2) is 24.5 Å². The molecule has 0 fully saturated rings. The summed E-state index contributed by atoms with van der Waals surface area (Å²) >= 11 is 0. The highest BCUT2D eigenvalue weighted by molar-refractivity contribution is 5.68. The predicted octanol–water partition coefficient (Wildman–Crippen LogP) is 3.80. The minimum atomic E-state index is -4.52. The van der Waals surface area contributed by atoms with Gasteiger partial charge < -0.3 is 10.1 Å². The van der Waals surface area contributed by atoms with Crippen LogP contribution in [0, 0.1) is 0 Å². The number of aromatic nitrogens is 3. The van der Waals surface area contributed by atoms with Crippen molar-refractivity contribution >= 4 is 6.09 Å². The third kappa shape index (κ3) is 3.97. The SMILES string of the molecule is CC(C)(C)OC(=O)NC1CCc2nn(-c3ccnc(C(F)(F)F)c3)cc21. The first-order valence-corrected chi connectivity index (χ1v) is 8.14. The standard InChI is InChI=1S/C17H19F3N4O2/c1-16(2,3)26-15(25)22-12-4-5-13-11(12)9-24(23-13)10-6-7-21-14(8-10)17(18,19)20/h6-9,12H,4-5H2,1-3H3,(H,22,25). The number of halogens is 3. The van der Waals surface area contributed by atoms with E-state index in [1.165, 1.54) is 10.7 Å². The van der Waals surface area contributed by atoms with Crippen molar-refractivity contribution in [2.45, 2.75) is 51.4 Å². The molecule has 1 amide bonds. The van der Waals surface area contributed by atoms with Crippen LogP contribution in [0.1, 0.15) is 50.2 Å². The minimum absolute atomic E-state index is 0.262. The molecule has 1 N–H and O–H groups in total. The van der Waals surface area contributed by atoms with Crippen LogP contribution in [0.4, 0.5) is 18.0 Å². The van der Waals surface area contributed by atoms with Crippen molar-refractivity contribution < 1.29 is 22.7 Å².